The Balaban J connectivity index is 3.47. The van der Waals surface area contributed by atoms with Gasteiger partial charge in [-0.15, -0.1) is 0 Å². The second-order valence-electron chi connectivity index (χ2n) is 2.00. The monoisotopic (exact) mass is 316 g/mol. The molecule has 76 valence electrons. The fraction of sp³-hybridized carbons (Fsp3) is 0.714. The lowest BCUT2D eigenvalue weighted by Crippen LogP contribution is -2.15. The van der Waals surface area contributed by atoms with Crippen molar-refractivity contribution in [3.05, 3.63) is 0 Å². The minimum absolute atomic E-state index is 0.268. The molecule has 0 saturated heterocycles. The number of carbonyl (C=O) groups excluding carboxylic acids is 2. The van der Waals surface area contributed by atoms with Crippen molar-refractivity contribution in [3.63, 3.8) is 0 Å². The van der Waals surface area contributed by atoms with Crippen LogP contribution in [-0.2, 0) is 19.1 Å². The van der Waals surface area contributed by atoms with Crippen molar-refractivity contribution in [2.45, 2.75) is 6.42 Å². The van der Waals surface area contributed by atoms with E-state index in [1.165, 1.54) is 0 Å². The molecule has 0 bridgehead atoms. The average molecular weight is 318 g/mol. The largest absolute Gasteiger partial charge is 0.464 e. The Bertz CT molecular complexity index is 154. The van der Waals surface area contributed by atoms with Crippen LogP contribution in [0.4, 0.5) is 0 Å². The van der Waals surface area contributed by atoms with E-state index >= 15 is 0 Å². The second kappa shape index (κ2) is 8.50. The van der Waals surface area contributed by atoms with Crippen LogP contribution in [0.2, 0.25) is 0 Å². The van der Waals surface area contributed by atoms with Crippen molar-refractivity contribution in [2.24, 2.45) is 0 Å². The lowest BCUT2D eigenvalue weighted by molar-refractivity contribution is -0.153. The summed E-state index contributed by atoms with van der Waals surface area (Å²) < 4.78 is 9.29. The molecule has 4 nitrogen and oxygen atoms in total. The first-order valence-corrected chi connectivity index (χ1v) is 5.88. The number of esters is 2. The van der Waals surface area contributed by atoms with E-state index in [4.69, 9.17) is 0 Å². The van der Waals surface area contributed by atoms with E-state index in [9.17, 15) is 9.59 Å². The predicted molar refractivity (Wildman–Crippen MR) is 54.1 cm³/mol. The quantitative estimate of drug-likeness (QED) is 0.420. The number of rotatable bonds is 6. The highest BCUT2D eigenvalue weighted by atomic mass is 79.9. The fourth-order valence-electron chi connectivity index (χ4n) is 0.525. The molecule has 0 fully saturated rings. The summed E-state index contributed by atoms with van der Waals surface area (Å²) in [6.45, 7) is 0.537. The minimum Gasteiger partial charge on any atom is -0.464 e. The van der Waals surface area contributed by atoms with Gasteiger partial charge in [-0.25, -0.2) is 0 Å². The molecule has 0 aromatic carbocycles. The third kappa shape index (κ3) is 8.24. The number of hydrogen-bond acceptors (Lipinski definition) is 4. The molecule has 0 unspecified atom stereocenters. The molecular formula is C7H10Br2O4. The first kappa shape index (κ1) is 12.9. The molecule has 0 saturated carbocycles. The maximum Gasteiger partial charge on any atom is 0.317 e. The van der Waals surface area contributed by atoms with Crippen molar-refractivity contribution in [2.75, 3.05) is 23.9 Å². The van der Waals surface area contributed by atoms with Gasteiger partial charge in [0.1, 0.15) is 19.6 Å². The Kier molecular flexibility index (Phi) is 8.43. The van der Waals surface area contributed by atoms with E-state index in [2.05, 4.69) is 41.3 Å². The second-order valence-corrected chi connectivity index (χ2v) is 3.58. The SMILES string of the molecule is O=C(CC(=O)OCCBr)OCCBr. The summed E-state index contributed by atoms with van der Waals surface area (Å²) in [6, 6.07) is 0. The van der Waals surface area contributed by atoms with Crippen LogP contribution in [0.1, 0.15) is 6.42 Å². The van der Waals surface area contributed by atoms with Gasteiger partial charge in [0.15, 0.2) is 0 Å². The highest BCUT2D eigenvalue weighted by molar-refractivity contribution is 9.09. The van der Waals surface area contributed by atoms with E-state index in [1.54, 1.807) is 0 Å². The normalized spacial score (nSPS) is 9.38. The maximum atomic E-state index is 10.8. The van der Waals surface area contributed by atoms with Gasteiger partial charge in [-0.05, 0) is 0 Å². The summed E-state index contributed by atoms with van der Waals surface area (Å²) in [5.74, 6) is -1.11. The predicted octanol–water partition coefficient (Wildman–Crippen LogP) is 1.25. The van der Waals surface area contributed by atoms with E-state index in [0.717, 1.165) is 0 Å². The van der Waals surface area contributed by atoms with Crippen LogP contribution in [0.15, 0.2) is 0 Å². The Morgan fingerprint density at radius 2 is 1.31 bits per heavy atom. The molecule has 13 heavy (non-hydrogen) atoms. The Labute approximate surface area is 93.2 Å². The van der Waals surface area contributed by atoms with E-state index in [0.29, 0.717) is 10.7 Å². The fourth-order valence-corrected chi connectivity index (χ4v) is 0.848. The van der Waals surface area contributed by atoms with Crippen LogP contribution in [-0.4, -0.2) is 35.8 Å². The van der Waals surface area contributed by atoms with E-state index in [1.807, 2.05) is 0 Å². The van der Waals surface area contributed by atoms with Gasteiger partial charge in [0.2, 0.25) is 0 Å². The Morgan fingerprint density at radius 3 is 1.62 bits per heavy atom. The number of halogens is 2. The van der Waals surface area contributed by atoms with Crippen molar-refractivity contribution >= 4 is 43.8 Å². The van der Waals surface area contributed by atoms with Crippen LogP contribution in [0, 0.1) is 0 Å². The van der Waals surface area contributed by atoms with E-state index in [-0.39, 0.29) is 19.6 Å². The molecule has 0 amide bonds. The van der Waals surface area contributed by atoms with Crippen LogP contribution in [0.25, 0.3) is 0 Å². The van der Waals surface area contributed by atoms with Gasteiger partial charge in [-0.2, -0.15) is 0 Å². The van der Waals surface area contributed by atoms with Crippen LogP contribution >= 0.6 is 31.9 Å². The van der Waals surface area contributed by atoms with Gasteiger partial charge < -0.3 is 9.47 Å². The van der Waals surface area contributed by atoms with Crippen molar-refractivity contribution in [3.8, 4) is 0 Å². The summed E-state index contributed by atoms with van der Waals surface area (Å²) in [4.78, 5) is 21.6. The van der Waals surface area contributed by atoms with Gasteiger partial charge in [-0.3, -0.25) is 9.59 Å². The van der Waals surface area contributed by atoms with Gasteiger partial charge >= 0.3 is 11.9 Å². The summed E-state index contributed by atoms with van der Waals surface area (Å²) in [6.07, 6.45) is -0.319. The molecule has 0 aliphatic heterocycles. The maximum absolute atomic E-state index is 10.8. The van der Waals surface area contributed by atoms with Gasteiger partial charge in [0.25, 0.3) is 0 Å². The summed E-state index contributed by atoms with van der Waals surface area (Å²) in [7, 11) is 0. The van der Waals surface area contributed by atoms with Crippen molar-refractivity contribution in [1.82, 2.24) is 0 Å². The highest BCUT2D eigenvalue weighted by Gasteiger charge is 2.10. The molecule has 0 atom stereocenters. The first-order valence-electron chi connectivity index (χ1n) is 3.64. The Morgan fingerprint density at radius 1 is 0.923 bits per heavy atom. The number of alkyl halides is 2. The zero-order chi connectivity index (χ0) is 10.1. The molecule has 6 heteroatoms. The van der Waals surface area contributed by atoms with E-state index < -0.39 is 11.9 Å². The zero-order valence-electron chi connectivity index (χ0n) is 6.92. The van der Waals surface area contributed by atoms with Crippen molar-refractivity contribution in [1.29, 1.82) is 0 Å². The lowest BCUT2D eigenvalue weighted by atomic mass is 10.4. The van der Waals surface area contributed by atoms with Crippen LogP contribution < -0.4 is 0 Å². The van der Waals surface area contributed by atoms with Gasteiger partial charge in [-0.1, -0.05) is 31.9 Å². The molecule has 0 spiro atoms. The molecule has 0 aromatic rings. The van der Waals surface area contributed by atoms with Crippen LogP contribution in [0.5, 0.6) is 0 Å². The minimum atomic E-state index is -0.556. The smallest absolute Gasteiger partial charge is 0.317 e. The first-order chi connectivity index (χ1) is 6.20. The molecule has 0 heterocycles. The molecule has 0 aliphatic carbocycles. The summed E-state index contributed by atoms with van der Waals surface area (Å²) in [5.41, 5.74) is 0. The molecule has 0 aromatic heterocycles. The number of carbonyl (C=O) groups is 2. The van der Waals surface area contributed by atoms with Crippen LogP contribution in [0.3, 0.4) is 0 Å². The number of ether oxygens (including phenoxy) is 2. The molecule has 0 aliphatic rings. The van der Waals surface area contributed by atoms with Gasteiger partial charge in [0.05, 0.1) is 0 Å². The third-order valence-electron chi connectivity index (χ3n) is 0.969. The summed E-state index contributed by atoms with van der Waals surface area (Å²) in [5, 5.41) is 1.13. The molecular weight excluding hydrogens is 308 g/mol. The lowest BCUT2D eigenvalue weighted by Gasteiger charge is -2.02. The zero-order valence-corrected chi connectivity index (χ0v) is 10.1. The average Bonchev–Trinajstić information content (AvgIpc) is 2.11. The Hall–Kier alpha value is -0.100. The molecule has 0 radical (unpaired) electrons. The van der Waals surface area contributed by atoms with Crippen molar-refractivity contribution < 1.29 is 19.1 Å². The molecule has 0 N–H and O–H groups in total. The standard InChI is InChI=1S/C7H10Br2O4/c8-1-3-12-6(10)5-7(11)13-4-2-9/h1-5H2. The van der Waals surface area contributed by atoms with Gasteiger partial charge in [0, 0.05) is 10.7 Å². The molecule has 0 rings (SSSR count). The topological polar surface area (TPSA) is 52.6 Å². The number of hydrogen-bond donors (Lipinski definition) is 0. The highest BCUT2D eigenvalue weighted by Crippen LogP contribution is 1.93. The third-order valence-corrected chi connectivity index (χ3v) is 1.62. The summed E-state index contributed by atoms with van der Waals surface area (Å²) >= 11 is 6.17.